The van der Waals surface area contributed by atoms with Crippen LogP contribution < -0.4 is 0 Å². The maximum atomic E-state index is 10.8. The predicted molar refractivity (Wildman–Crippen MR) is 51.9 cm³/mol. The number of rotatable bonds is 6. The normalized spacial score (nSPS) is 11.0. The Bertz CT molecular complexity index is 257. The van der Waals surface area contributed by atoms with E-state index in [1.807, 2.05) is 6.92 Å². The van der Waals surface area contributed by atoms with Gasteiger partial charge in [0.25, 0.3) is 0 Å². The van der Waals surface area contributed by atoms with Crippen LogP contribution in [0.25, 0.3) is 0 Å². The zero-order valence-electron chi connectivity index (χ0n) is 8.49. The minimum Gasteiger partial charge on any atom is -0.434 e. The largest absolute Gasteiger partial charge is 0.508 e. The zero-order chi connectivity index (χ0) is 11.0. The maximum absolute atomic E-state index is 10.8. The standard InChI is InChI=1S/C8H16O5S/c1-3-4-5-12-8(9)13-6-7-14(2,10)11/h3-7H2,1-2H3. The van der Waals surface area contributed by atoms with Crippen LogP contribution in [0.5, 0.6) is 0 Å². The molecule has 14 heavy (non-hydrogen) atoms. The first kappa shape index (κ1) is 13.2. The molecule has 0 heterocycles. The first-order chi connectivity index (χ1) is 6.45. The van der Waals surface area contributed by atoms with Gasteiger partial charge in [-0.3, -0.25) is 0 Å². The molecule has 0 aliphatic carbocycles. The minimum absolute atomic E-state index is 0.149. The Kier molecular flexibility index (Phi) is 6.27. The van der Waals surface area contributed by atoms with Crippen molar-refractivity contribution in [1.29, 1.82) is 0 Å². The van der Waals surface area contributed by atoms with E-state index >= 15 is 0 Å². The smallest absolute Gasteiger partial charge is 0.434 e. The fourth-order valence-corrected chi connectivity index (χ4v) is 1.00. The third-order valence-corrected chi connectivity index (χ3v) is 2.30. The monoisotopic (exact) mass is 224 g/mol. The second-order valence-corrected chi connectivity index (χ2v) is 5.19. The lowest BCUT2D eigenvalue weighted by Gasteiger charge is -2.04. The number of sulfone groups is 1. The van der Waals surface area contributed by atoms with E-state index in [-0.39, 0.29) is 12.4 Å². The first-order valence-corrected chi connectivity index (χ1v) is 6.49. The van der Waals surface area contributed by atoms with Crippen molar-refractivity contribution >= 4 is 16.0 Å². The lowest BCUT2D eigenvalue weighted by atomic mass is 10.4. The minimum atomic E-state index is -3.08. The van der Waals surface area contributed by atoms with Gasteiger partial charge in [0.1, 0.15) is 6.61 Å². The summed E-state index contributed by atoms with van der Waals surface area (Å²) < 4.78 is 30.4. The molecule has 0 spiro atoms. The number of unbranched alkanes of at least 4 members (excludes halogenated alkanes) is 1. The fraction of sp³-hybridized carbons (Fsp3) is 0.875. The average molecular weight is 224 g/mol. The molecule has 0 aliphatic heterocycles. The summed E-state index contributed by atoms with van der Waals surface area (Å²) in [5, 5.41) is 0. The van der Waals surface area contributed by atoms with Gasteiger partial charge in [-0.1, -0.05) is 13.3 Å². The molecule has 0 aliphatic rings. The average Bonchev–Trinajstić information content (AvgIpc) is 2.02. The molecule has 0 rings (SSSR count). The molecule has 0 aromatic heterocycles. The Labute approximate surface area is 84.3 Å². The molecule has 0 amide bonds. The topological polar surface area (TPSA) is 69.7 Å². The van der Waals surface area contributed by atoms with Crippen LogP contribution in [0.15, 0.2) is 0 Å². The fourth-order valence-electron chi connectivity index (χ4n) is 0.618. The van der Waals surface area contributed by atoms with Crippen LogP contribution in [-0.2, 0) is 19.3 Å². The number of hydrogen-bond acceptors (Lipinski definition) is 5. The molecule has 0 atom stereocenters. The summed E-state index contributed by atoms with van der Waals surface area (Å²) in [5.74, 6) is -0.171. The van der Waals surface area contributed by atoms with Gasteiger partial charge >= 0.3 is 6.16 Å². The van der Waals surface area contributed by atoms with Gasteiger partial charge in [-0.25, -0.2) is 13.2 Å². The maximum Gasteiger partial charge on any atom is 0.508 e. The van der Waals surface area contributed by atoms with E-state index in [0.717, 1.165) is 19.1 Å². The molecule has 0 unspecified atom stereocenters. The van der Waals surface area contributed by atoms with Crippen molar-refractivity contribution < 1.29 is 22.7 Å². The van der Waals surface area contributed by atoms with E-state index in [0.29, 0.717) is 6.61 Å². The molecule has 0 N–H and O–H groups in total. The predicted octanol–water partition coefficient (Wildman–Crippen LogP) is 0.984. The molecule has 0 bridgehead atoms. The van der Waals surface area contributed by atoms with Gasteiger partial charge in [0.15, 0.2) is 9.84 Å². The SMILES string of the molecule is CCCCOC(=O)OCCS(C)(=O)=O. The summed E-state index contributed by atoms with van der Waals surface area (Å²) >= 11 is 0. The van der Waals surface area contributed by atoms with Gasteiger partial charge in [0.2, 0.25) is 0 Å². The molecule has 0 aromatic carbocycles. The van der Waals surface area contributed by atoms with Crippen LogP contribution in [0.4, 0.5) is 4.79 Å². The van der Waals surface area contributed by atoms with Crippen LogP contribution in [-0.4, -0.2) is 39.8 Å². The highest BCUT2D eigenvalue weighted by Gasteiger charge is 2.06. The molecule has 0 radical (unpaired) electrons. The highest BCUT2D eigenvalue weighted by Crippen LogP contribution is 1.92. The van der Waals surface area contributed by atoms with Gasteiger partial charge in [0.05, 0.1) is 12.4 Å². The lowest BCUT2D eigenvalue weighted by Crippen LogP contribution is -2.15. The summed E-state index contributed by atoms with van der Waals surface area (Å²) in [6, 6.07) is 0. The van der Waals surface area contributed by atoms with Gasteiger partial charge < -0.3 is 9.47 Å². The van der Waals surface area contributed by atoms with Gasteiger partial charge in [-0.05, 0) is 6.42 Å². The highest BCUT2D eigenvalue weighted by molar-refractivity contribution is 7.90. The third-order valence-electron chi connectivity index (χ3n) is 1.39. The van der Waals surface area contributed by atoms with Crippen molar-refractivity contribution in [3.05, 3.63) is 0 Å². The number of ether oxygens (including phenoxy) is 2. The van der Waals surface area contributed by atoms with Crippen molar-refractivity contribution in [3.8, 4) is 0 Å². The Morgan fingerprint density at radius 2 is 1.79 bits per heavy atom. The van der Waals surface area contributed by atoms with E-state index in [9.17, 15) is 13.2 Å². The quantitative estimate of drug-likeness (QED) is 0.497. The van der Waals surface area contributed by atoms with Crippen molar-refractivity contribution in [3.63, 3.8) is 0 Å². The van der Waals surface area contributed by atoms with Crippen molar-refractivity contribution in [2.75, 3.05) is 25.2 Å². The summed E-state index contributed by atoms with van der Waals surface area (Å²) in [4.78, 5) is 10.8. The summed E-state index contributed by atoms with van der Waals surface area (Å²) in [5.41, 5.74) is 0. The molecular weight excluding hydrogens is 208 g/mol. The van der Waals surface area contributed by atoms with Gasteiger partial charge in [0, 0.05) is 6.26 Å². The van der Waals surface area contributed by atoms with Crippen LogP contribution in [0.2, 0.25) is 0 Å². The molecule has 0 saturated heterocycles. The Morgan fingerprint density at radius 1 is 1.21 bits per heavy atom. The molecule has 0 saturated carbocycles. The van der Waals surface area contributed by atoms with E-state index in [1.54, 1.807) is 0 Å². The molecule has 6 heteroatoms. The van der Waals surface area contributed by atoms with Crippen LogP contribution in [0, 0.1) is 0 Å². The molecule has 84 valence electrons. The number of hydrogen-bond donors (Lipinski definition) is 0. The molecule has 5 nitrogen and oxygen atoms in total. The summed E-state index contributed by atoms with van der Waals surface area (Å²) in [6.45, 7) is 2.14. The lowest BCUT2D eigenvalue weighted by molar-refractivity contribution is 0.0587. The second-order valence-electron chi connectivity index (χ2n) is 2.93. The Hall–Kier alpha value is -0.780. The van der Waals surface area contributed by atoms with Crippen molar-refractivity contribution in [1.82, 2.24) is 0 Å². The zero-order valence-corrected chi connectivity index (χ0v) is 9.30. The molecule has 0 fully saturated rings. The Morgan fingerprint density at radius 3 is 2.29 bits per heavy atom. The van der Waals surface area contributed by atoms with Crippen molar-refractivity contribution in [2.24, 2.45) is 0 Å². The van der Waals surface area contributed by atoms with Crippen LogP contribution in [0.1, 0.15) is 19.8 Å². The van der Waals surface area contributed by atoms with E-state index < -0.39 is 16.0 Å². The third kappa shape index (κ3) is 9.31. The van der Waals surface area contributed by atoms with E-state index in [1.165, 1.54) is 0 Å². The number of carbonyl (C=O) groups is 1. The van der Waals surface area contributed by atoms with Crippen molar-refractivity contribution in [2.45, 2.75) is 19.8 Å². The Balaban J connectivity index is 3.45. The van der Waals surface area contributed by atoms with Gasteiger partial charge in [-0.15, -0.1) is 0 Å². The highest BCUT2D eigenvalue weighted by atomic mass is 32.2. The second kappa shape index (κ2) is 6.64. The van der Waals surface area contributed by atoms with E-state index in [4.69, 9.17) is 0 Å². The summed E-state index contributed by atoms with van der Waals surface area (Å²) in [7, 11) is -3.08. The van der Waals surface area contributed by atoms with E-state index in [2.05, 4.69) is 9.47 Å². The molecular formula is C8H16O5S. The first-order valence-electron chi connectivity index (χ1n) is 4.43. The summed E-state index contributed by atoms with van der Waals surface area (Å²) in [6.07, 6.45) is 1.98. The number of carbonyl (C=O) groups excluding carboxylic acids is 1. The molecule has 0 aromatic rings. The van der Waals surface area contributed by atoms with Crippen LogP contribution >= 0.6 is 0 Å². The van der Waals surface area contributed by atoms with Crippen LogP contribution in [0.3, 0.4) is 0 Å². The van der Waals surface area contributed by atoms with Gasteiger partial charge in [-0.2, -0.15) is 0 Å².